The lowest BCUT2D eigenvalue weighted by atomic mass is 9.80. The van der Waals surface area contributed by atoms with Crippen molar-refractivity contribution in [3.05, 3.63) is 94.5 Å². The molecule has 7 rings (SSSR count). The summed E-state index contributed by atoms with van der Waals surface area (Å²) in [6.45, 7) is 9.81. The van der Waals surface area contributed by atoms with Crippen LogP contribution in [0.4, 0.5) is 0 Å². The van der Waals surface area contributed by atoms with Gasteiger partial charge < -0.3 is 56.7 Å². The van der Waals surface area contributed by atoms with E-state index in [1.807, 2.05) is 24.3 Å². The number of fused-ring (bicyclic) bond motifs is 3. The quantitative estimate of drug-likeness (QED) is 0.113. The second-order valence-corrected chi connectivity index (χ2v) is 15.1. The molecular weight excluding hydrogens is 696 g/mol. The molecule has 3 saturated heterocycles. The van der Waals surface area contributed by atoms with Gasteiger partial charge in [-0.15, -0.1) is 0 Å². The molecule has 1 saturated carbocycles. The van der Waals surface area contributed by atoms with Gasteiger partial charge in [-0.1, -0.05) is 61.4 Å². The molecule has 5 N–H and O–H groups in total. The second kappa shape index (κ2) is 17.3. The van der Waals surface area contributed by atoms with Crippen LogP contribution < -0.4 is 27.0 Å². The van der Waals surface area contributed by atoms with E-state index in [0.717, 1.165) is 59.3 Å². The zero-order valence-electron chi connectivity index (χ0n) is 29.8. The Hall–Kier alpha value is -2.50. The lowest BCUT2D eigenvalue weighted by molar-refractivity contribution is -0.946. The van der Waals surface area contributed by atoms with Gasteiger partial charge in [0.1, 0.15) is 29.7 Å². The van der Waals surface area contributed by atoms with Crippen LogP contribution in [0.15, 0.2) is 66.7 Å². The summed E-state index contributed by atoms with van der Waals surface area (Å²) >= 11 is 0. The van der Waals surface area contributed by atoms with Crippen molar-refractivity contribution in [3.8, 4) is 11.5 Å². The van der Waals surface area contributed by atoms with Crippen LogP contribution in [0, 0.1) is 18.8 Å². The highest BCUT2D eigenvalue weighted by molar-refractivity contribution is 5.38. The predicted molar refractivity (Wildman–Crippen MR) is 191 cm³/mol. The third-order valence-corrected chi connectivity index (χ3v) is 11.9. The number of aryl methyl sites for hydroxylation is 1. The normalized spacial score (nSPS) is 24.3. The van der Waals surface area contributed by atoms with E-state index in [4.69, 9.17) is 9.47 Å². The fourth-order valence-electron chi connectivity index (χ4n) is 8.67. The molecule has 9 heteroatoms. The fourth-order valence-corrected chi connectivity index (χ4v) is 8.67. The third kappa shape index (κ3) is 8.92. The Kier molecular flexibility index (Phi) is 13.4. The van der Waals surface area contributed by atoms with Crippen molar-refractivity contribution in [2.24, 2.45) is 11.8 Å². The summed E-state index contributed by atoms with van der Waals surface area (Å²) in [4.78, 5) is 0. The molecule has 0 radical (unpaired) electrons. The molecule has 4 fully saturated rings. The van der Waals surface area contributed by atoms with Gasteiger partial charge in [-0.2, -0.15) is 0 Å². The number of piperidine rings is 3. The van der Waals surface area contributed by atoms with Crippen LogP contribution >= 0.6 is 0 Å². The Balaban J connectivity index is 0.00000486. The molecule has 0 spiro atoms. The number of hydrogen-bond donors (Lipinski definition) is 5. The van der Waals surface area contributed by atoms with Crippen LogP contribution in [-0.4, -0.2) is 77.0 Å². The molecule has 4 atom stereocenters. The van der Waals surface area contributed by atoms with Gasteiger partial charge in [-0.05, 0) is 73.1 Å². The molecule has 0 unspecified atom stereocenters. The molecule has 4 aliphatic rings. The number of quaternary nitrogens is 1. The summed E-state index contributed by atoms with van der Waals surface area (Å²) < 4.78 is 14.1. The molecular formula is C41H57BrN2O6. The average Bonchev–Trinajstić information content (AvgIpc) is 3.69. The van der Waals surface area contributed by atoms with E-state index in [-0.39, 0.29) is 47.4 Å². The van der Waals surface area contributed by atoms with Crippen molar-refractivity contribution in [2.75, 3.05) is 45.9 Å². The summed E-state index contributed by atoms with van der Waals surface area (Å²) in [5.41, 5.74) is 3.35. The number of aliphatic hydroxyl groups is 3. The molecule has 50 heavy (non-hydrogen) atoms. The molecule has 3 aromatic rings. The summed E-state index contributed by atoms with van der Waals surface area (Å²) in [5, 5.41) is 45.3. The Morgan fingerprint density at radius 3 is 2.38 bits per heavy atom. The maximum Gasteiger partial charge on any atom is 0.122 e. The van der Waals surface area contributed by atoms with Crippen LogP contribution in [0.1, 0.15) is 91.8 Å². The van der Waals surface area contributed by atoms with Crippen molar-refractivity contribution in [3.63, 3.8) is 0 Å². The van der Waals surface area contributed by atoms with Gasteiger partial charge in [0.2, 0.25) is 0 Å². The smallest absolute Gasteiger partial charge is 0.122 e. The monoisotopic (exact) mass is 752 g/mol. The molecule has 0 amide bonds. The standard InChI is InChI=1S/C41H56N2O6.BrH/c1-29-23-32(30(2)42-25-38(46)33-13-15-37(45)34(24-33)27-44)14-16-39(29)48-22-8-19-43-20-17-31(18-21-43)40(26-43)49-28-41(47,36-11-6-7-12-36)35-9-4-3-5-10-35;/h3-5,9-10,13-16,23-24,30-31,36,38,40,42,44,46-47H,6-8,11-12,17-22,25-28H2,1-2H3;1H/t30-,31?,38+,40+,41-,43?;/m1./s1. The number of nitrogens with one attached hydrogen (secondary N) is 1. The minimum Gasteiger partial charge on any atom is -1.00 e. The highest BCUT2D eigenvalue weighted by Crippen LogP contribution is 2.43. The van der Waals surface area contributed by atoms with Crippen LogP contribution in [0.2, 0.25) is 0 Å². The van der Waals surface area contributed by atoms with Gasteiger partial charge in [0.25, 0.3) is 0 Å². The van der Waals surface area contributed by atoms with Gasteiger partial charge in [0, 0.05) is 43.3 Å². The van der Waals surface area contributed by atoms with E-state index in [1.54, 1.807) is 12.1 Å². The predicted octanol–water partition coefficient (Wildman–Crippen LogP) is 3.05. The van der Waals surface area contributed by atoms with Crippen LogP contribution in [0.3, 0.4) is 0 Å². The van der Waals surface area contributed by atoms with Crippen molar-refractivity contribution < 1.29 is 51.4 Å². The molecule has 3 heterocycles. The van der Waals surface area contributed by atoms with Crippen molar-refractivity contribution >= 4 is 0 Å². The van der Waals surface area contributed by atoms with Crippen molar-refractivity contribution in [1.82, 2.24) is 5.32 Å². The highest BCUT2D eigenvalue weighted by atomic mass is 79.9. The number of ether oxygens (including phenoxy) is 2. The average molecular weight is 754 g/mol. The van der Waals surface area contributed by atoms with Gasteiger partial charge in [0.05, 0.1) is 45.6 Å². The Morgan fingerprint density at radius 2 is 1.68 bits per heavy atom. The number of aromatic hydroxyl groups is 1. The first-order valence-corrected chi connectivity index (χ1v) is 18.5. The minimum absolute atomic E-state index is 0. The number of nitrogens with zero attached hydrogens (tertiary/aromatic N) is 1. The number of rotatable bonds is 16. The lowest BCUT2D eigenvalue weighted by Crippen LogP contribution is -3.00. The van der Waals surface area contributed by atoms with Crippen LogP contribution in [0.5, 0.6) is 11.5 Å². The van der Waals surface area contributed by atoms with Crippen molar-refractivity contribution in [2.45, 2.75) is 89.3 Å². The molecule has 2 bridgehead atoms. The maximum atomic E-state index is 12.0. The molecule has 274 valence electrons. The van der Waals surface area contributed by atoms with E-state index >= 15 is 0 Å². The number of benzene rings is 3. The van der Waals surface area contributed by atoms with E-state index < -0.39 is 11.7 Å². The first-order valence-electron chi connectivity index (χ1n) is 18.5. The summed E-state index contributed by atoms with van der Waals surface area (Å²) in [5.74, 6) is 1.79. The summed E-state index contributed by atoms with van der Waals surface area (Å²) in [7, 11) is 0. The highest BCUT2D eigenvalue weighted by Gasteiger charge is 2.48. The third-order valence-electron chi connectivity index (χ3n) is 11.9. The Labute approximate surface area is 308 Å². The van der Waals surface area contributed by atoms with E-state index in [1.165, 1.54) is 44.8 Å². The van der Waals surface area contributed by atoms with Crippen LogP contribution in [-0.2, 0) is 16.9 Å². The number of halogens is 1. The van der Waals surface area contributed by atoms with Gasteiger partial charge in [0.15, 0.2) is 0 Å². The van der Waals surface area contributed by atoms with E-state index in [9.17, 15) is 20.4 Å². The zero-order valence-corrected chi connectivity index (χ0v) is 31.4. The SMILES string of the molecule is Cc1cc([C@@H](C)NC[C@H](O)c2ccc(O)c(CO)c2)ccc1OCCC[N+]12CCC(CC1)[C@@H](OC[C@@](O)(c1ccccc1)C1CCCC1)C2.[Br-]. The first-order chi connectivity index (χ1) is 23.7. The van der Waals surface area contributed by atoms with Gasteiger partial charge in [-0.3, -0.25) is 0 Å². The fraction of sp³-hybridized carbons (Fsp3) is 0.561. The topological polar surface area (TPSA) is 111 Å². The maximum absolute atomic E-state index is 12.0. The van der Waals surface area contributed by atoms with Gasteiger partial charge >= 0.3 is 0 Å². The molecule has 8 nitrogen and oxygen atoms in total. The van der Waals surface area contributed by atoms with Crippen LogP contribution in [0.25, 0.3) is 0 Å². The zero-order chi connectivity index (χ0) is 34.4. The van der Waals surface area contributed by atoms with Crippen molar-refractivity contribution in [1.29, 1.82) is 0 Å². The lowest BCUT2D eigenvalue weighted by Gasteiger charge is -2.53. The summed E-state index contributed by atoms with van der Waals surface area (Å²) in [6, 6.07) is 21.3. The number of aliphatic hydroxyl groups excluding tert-OH is 2. The van der Waals surface area contributed by atoms with Gasteiger partial charge in [-0.25, -0.2) is 0 Å². The summed E-state index contributed by atoms with van der Waals surface area (Å²) in [6.07, 6.45) is 7.34. The van der Waals surface area contributed by atoms with E-state index in [0.29, 0.717) is 36.8 Å². The molecule has 3 aromatic carbocycles. The number of phenols is 1. The molecule has 3 aliphatic heterocycles. The first kappa shape index (κ1) is 38.7. The number of hydrogen-bond acceptors (Lipinski definition) is 7. The van der Waals surface area contributed by atoms with E-state index in [2.05, 4.69) is 43.4 Å². The molecule has 1 aliphatic carbocycles. The Morgan fingerprint density at radius 1 is 0.960 bits per heavy atom. The largest absolute Gasteiger partial charge is 1.00 e. The Bertz CT molecular complexity index is 1510. The molecule has 0 aromatic heterocycles. The second-order valence-electron chi connectivity index (χ2n) is 15.1. The minimum atomic E-state index is -0.913.